The van der Waals surface area contributed by atoms with Gasteiger partial charge >= 0.3 is 0 Å². The highest BCUT2D eigenvalue weighted by Gasteiger charge is 2.04. The van der Waals surface area contributed by atoms with Crippen LogP contribution in [0.1, 0.15) is 25.0 Å². The molecular weight excluding hydrogens is 267 g/mol. The maximum Gasteiger partial charge on any atom is 0.221 e. The molecule has 2 N–H and O–H groups in total. The number of hydrogen-bond donors (Lipinski definition) is 2. The second kappa shape index (κ2) is 6.88. The summed E-state index contributed by atoms with van der Waals surface area (Å²) in [6.07, 6.45) is 1.00. The molecule has 0 radical (unpaired) electrons. The van der Waals surface area contributed by atoms with Crippen LogP contribution < -0.4 is 10.6 Å². The Morgan fingerprint density at radius 3 is 2.38 bits per heavy atom. The van der Waals surface area contributed by atoms with Gasteiger partial charge in [0, 0.05) is 19.2 Å². The zero-order chi connectivity index (χ0) is 15.2. The van der Waals surface area contributed by atoms with Gasteiger partial charge in [-0.15, -0.1) is 0 Å². The Morgan fingerprint density at radius 2 is 1.76 bits per heavy atom. The molecule has 0 fully saturated rings. The molecule has 0 aromatic heterocycles. The minimum atomic E-state index is -0.339. The average molecular weight is 286 g/mol. The van der Waals surface area contributed by atoms with Crippen LogP contribution in [0.2, 0.25) is 0 Å². The number of anilines is 2. The molecule has 0 heterocycles. The molecule has 0 aliphatic carbocycles. The smallest absolute Gasteiger partial charge is 0.221 e. The van der Waals surface area contributed by atoms with Crippen LogP contribution in [0.4, 0.5) is 15.8 Å². The van der Waals surface area contributed by atoms with E-state index in [1.165, 1.54) is 24.6 Å². The van der Waals surface area contributed by atoms with Crippen molar-refractivity contribution >= 4 is 17.3 Å². The van der Waals surface area contributed by atoms with Crippen LogP contribution in [0.3, 0.4) is 0 Å². The predicted molar refractivity (Wildman–Crippen MR) is 83.9 cm³/mol. The minimum absolute atomic E-state index is 0.178. The molecule has 1 amide bonds. The van der Waals surface area contributed by atoms with E-state index >= 15 is 0 Å². The number of benzene rings is 2. The molecule has 2 aromatic rings. The summed E-state index contributed by atoms with van der Waals surface area (Å²) in [5.74, 6) is -0.517. The summed E-state index contributed by atoms with van der Waals surface area (Å²) in [7, 11) is 0. The fourth-order valence-electron chi connectivity index (χ4n) is 2.03. The van der Waals surface area contributed by atoms with E-state index < -0.39 is 0 Å². The van der Waals surface area contributed by atoms with Gasteiger partial charge in [0.1, 0.15) is 5.82 Å². The quantitative estimate of drug-likeness (QED) is 0.873. The molecule has 0 aliphatic heterocycles. The van der Waals surface area contributed by atoms with Gasteiger partial charge in [0.25, 0.3) is 0 Å². The number of halogens is 1. The van der Waals surface area contributed by atoms with Gasteiger partial charge in [0.15, 0.2) is 0 Å². The zero-order valence-electron chi connectivity index (χ0n) is 12.2. The molecular formula is C17H19FN2O. The summed E-state index contributed by atoms with van der Waals surface area (Å²) in [5.41, 5.74) is 3.31. The van der Waals surface area contributed by atoms with E-state index in [0.717, 1.165) is 12.0 Å². The second-order valence-corrected chi connectivity index (χ2v) is 4.90. The van der Waals surface area contributed by atoms with Crippen molar-refractivity contribution < 1.29 is 9.18 Å². The Hall–Kier alpha value is -2.36. The van der Waals surface area contributed by atoms with Crippen LogP contribution in [0, 0.1) is 5.82 Å². The van der Waals surface area contributed by atoms with Gasteiger partial charge in [-0.2, -0.15) is 0 Å². The number of aryl methyl sites for hydroxylation is 1. The van der Waals surface area contributed by atoms with Crippen molar-refractivity contribution in [2.24, 2.45) is 0 Å². The fraction of sp³-hybridized carbons (Fsp3) is 0.235. The monoisotopic (exact) mass is 286 g/mol. The molecule has 4 heteroatoms. The summed E-state index contributed by atoms with van der Waals surface area (Å²) >= 11 is 0. The molecule has 2 aromatic carbocycles. The van der Waals surface area contributed by atoms with Crippen molar-refractivity contribution in [3.8, 4) is 0 Å². The summed E-state index contributed by atoms with van der Waals surface area (Å²) in [6.45, 7) is 4.06. The Bertz CT molecular complexity index is 623. The second-order valence-electron chi connectivity index (χ2n) is 4.90. The molecule has 0 spiro atoms. The number of rotatable bonds is 5. The highest BCUT2D eigenvalue weighted by atomic mass is 19.1. The number of carbonyl (C=O) groups excluding carboxylic acids is 1. The Labute approximate surface area is 124 Å². The lowest BCUT2D eigenvalue weighted by atomic mass is 10.1. The van der Waals surface area contributed by atoms with Crippen LogP contribution >= 0.6 is 0 Å². The summed E-state index contributed by atoms with van der Waals surface area (Å²) in [5, 5.41) is 5.69. The minimum Gasteiger partial charge on any atom is -0.379 e. The average Bonchev–Trinajstić information content (AvgIpc) is 2.48. The van der Waals surface area contributed by atoms with Gasteiger partial charge in [0.05, 0.1) is 5.69 Å². The van der Waals surface area contributed by atoms with E-state index in [1.807, 2.05) is 12.1 Å². The van der Waals surface area contributed by atoms with E-state index in [-0.39, 0.29) is 11.7 Å². The maximum absolute atomic E-state index is 13.8. The van der Waals surface area contributed by atoms with E-state index in [1.54, 1.807) is 6.07 Å². The number of amides is 1. The lowest BCUT2D eigenvalue weighted by molar-refractivity contribution is -0.114. The van der Waals surface area contributed by atoms with Crippen LogP contribution in [-0.2, 0) is 17.8 Å². The van der Waals surface area contributed by atoms with E-state index in [9.17, 15) is 9.18 Å². The van der Waals surface area contributed by atoms with Gasteiger partial charge in [-0.3, -0.25) is 4.79 Å². The Balaban J connectivity index is 2.05. The van der Waals surface area contributed by atoms with Gasteiger partial charge in [-0.1, -0.05) is 31.2 Å². The SMILES string of the molecule is CCc1ccc(CNc2cc(NC(C)=O)ccc2F)cc1. The van der Waals surface area contributed by atoms with Gasteiger partial charge in [-0.25, -0.2) is 4.39 Å². The molecule has 3 nitrogen and oxygen atoms in total. The largest absolute Gasteiger partial charge is 0.379 e. The van der Waals surface area contributed by atoms with E-state index in [0.29, 0.717) is 17.9 Å². The van der Waals surface area contributed by atoms with Crippen molar-refractivity contribution in [3.05, 3.63) is 59.4 Å². The number of carbonyl (C=O) groups is 1. The maximum atomic E-state index is 13.8. The first kappa shape index (κ1) is 15.0. The molecule has 0 atom stereocenters. The zero-order valence-corrected chi connectivity index (χ0v) is 12.2. The van der Waals surface area contributed by atoms with Gasteiger partial charge in [-0.05, 0) is 35.7 Å². The highest BCUT2D eigenvalue weighted by Crippen LogP contribution is 2.20. The van der Waals surface area contributed by atoms with Crippen LogP contribution in [-0.4, -0.2) is 5.91 Å². The lowest BCUT2D eigenvalue weighted by Gasteiger charge is -2.10. The van der Waals surface area contributed by atoms with Crippen LogP contribution in [0.25, 0.3) is 0 Å². The van der Waals surface area contributed by atoms with Crippen LogP contribution in [0.5, 0.6) is 0 Å². The van der Waals surface area contributed by atoms with Gasteiger partial charge in [0.2, 0.25) is 5.91 Å². The molecule has 0 saturated heterocycles. The van der Waals surface area contributed by atoms with Crippen LogP contribution in [0.15, 0.2) is 42.5 Å². The topological polar surface area (TPSA) is 41.1 Å². The lowest BCUT2D eigenvalue weighted by Crippen LogP contribution is -2.07. The molecule has 110 valence electrons. The predicted octanol–water partition coefficient (Wildman–Crippen LogP) is 3.96. The van der Waals surface area contributed by atoms with Crippen molar-refractivity contribution in [3.63, 3.8) is 0 Å². The standard InChI is InChI=1S/C17H19FN2O/c1-3-13-4-6-14(7-5-13)11-19-17-10-15(20-12(2)21)8-9-16(17)18/h4-10,19H,3,11H2,1-2H3,(H,20,21). The highest BCUT2D eigenvalue weighted by molar-refractivity contribution is 5.89. The van der Waals surface area contributed by atoms with Crippen molar-refractivity contribution in [2.75, 3.05) is 10.6 Å². The van der Waals surface area contributed by atoms with E-state index in [4.69, 9.17) is 0 Å². The van der Waals surface area contributed by atoms with Crippen molar-refractivity contribution in [1.29, 1.82) is 0 Å². The molecule has 0 saturated carbocycles. The first-order valence-corrected chi connectivity index (χ1v) is 6.97. The first-order valence-electron chi connectivity index (χ1n) is 6.97. The number of hydrogen-bond acceptors (Lipinski definition) is 2. The van der Waals surface area contributed by atoms with Crippen molar-refractivity contribution in [1.82, 2.24) is 0 Å². The Kier molecular flexibility index (Phi) is 4.93. The van der Waals surface area contributed by atoms with E-state index in [2.05, 4.69) is 29.7 Å². The molecule has 0 aliphatic rings. The summed E-state index contributed by atoms with van der Waals surface area (Å²) in [6, 6.07) is 12.7. The molecule has 21 heavy (non-hydrogen) atoms. The fourth-order valence-corrected chi connectivity index (χ4v) is 2.03. The normalized spacial score (nSPS) is 10.2. The Morgan fingerprint density at radius 1 is 1.10 bits per heavy atom. The third-order valence-corrected chi connectivity index (χ3v) is 3.20. The van der Waals surface area contributed by atoms with Gasteiger partial charge < -0.3 is 10.6 Å². The summed E-state index contributed by atoms with van der Waals surface area (Å²) < 4.78 is 13.8. The third-order valence-electron chi connectivity index (χ3n) is 3.20. The van der Waals surface area contributed by atoms with Crippen molar-refractivity contribution in [2.45, 2.75) is 26.8 Å². The summed E-state index contributed by atoms with van der Waals surface area (Å²) in [4.78, 5) is 11.0. The number of nitrogens with one attached hydrogen (secondary N) is 2. The molecule has 0 unspecified atom stereocenters. The molecule has 0 bridgehead atoms. The first-order chi connectivity index (χ1) is 10.1. The third kappa shape index (κ3) is 4.31. The molecule has 2 rings (SSSR count).